The summed E-state index contributed by atoms with van der Waals surface area (Å²) in [5, 5.41) is 16.3. The van der Waals surface area contributed by atoms with Crippen molar-refractivity contribution in [1.82, 2.24) is 10.6 Å². The summed E-state index contributed by atoms with van der Waals surface area (Å²) in [6, 6.07) is 4.55. The predicted octanol–water partition coefficient (Wildman–Crippen LogP) is 2.94. The molecule has 3 rings (SSSR count). The zero-order valence-electron chi connectivity index (χ0n) is 15.6. The molecule has 0 bridgehead atoms. The molecule has 0 unspecified atom stereocenters. The summed E-state index contributed by atoms with van der Waals surface area (Å²) in [4.78, 5) is 24.4. The van der Waals surface area contributed by atoms with Crippen LogP contribution in [0, 0.1) is 5.92 Å². The van der Waals surface area contributed by atoms with Crippen molar-refractivity contribution in [3.8, 4) is 0 Å². The van der Waals surface area contributed by atoms with Crippen molar-refractivity contribution in [2.45, 2.75) is 56.8 Å². The molecule has 2 fully saturated rings. The quantitative estimate of drug-likeness (QED) is 0.622. The van der Waals surface area contributed by atoms with Gasteiger partial charge in [0.1, 0.15) is 6.10 Å². The van der Waals surface area contributed by atoms with E-state index in [0.717, 1.165) is 32.1 Å². The summed E-state index contributed by atoms with van der Waals surface area (Å²) in [5.41, 5.74) is 0.411. The van der Waals surface area contributed by atoms with Crippen LogP contribution in [0.2, 0.25) is 10.0 Å². The van der Waals surface area contributed by atoms with Crippen molar-refractivity contribution in [1.29, 1.82) is 0 Å². The average molecular weight is 429 g/mol. The fourth-order valence-electron chi connectivity index (χ4n) is 3.61. The minimum atomic E-state index is -0.412. The van der Waals surface area contributed by atoms with Crippen molar-refractivity contribution in [3.05, 3.63) is 33.8 Å². The Morgan fingerprint density at radius 2 is 1.82 bits per heavy atom. The first-order valence-electron chi connectivity index (χ1n) is 9.77. The van der Waals surface area contributed by atoms with Crippen molar-refractivity contribution in [2.75, 3.05) is 13.2 Å². The Kier molecular flexibility index (Phi) is 7.57. The number of halogens is 2. The van der Waals surface area contributed by atoms with Gasteiger partial charge >= 0.3 is 0 Å². The van der Waals surface area contributed by atoms with Crippen molar-refractivity contribution in [3.63, 3.8) is 0 Å². The lowest BCUT2D eigenvalue weighted by atomic mass is 9.84. The third-order valence-corrected chi connectivity index (χ3v) is 5.91. The van der Waals surface area contributed by atoms with Gasteiger partial charge in [-0.1, -0.05) is 29.6 Å². The first kappa shape index (κ1) is 21.4. The zero-order chi connectivity index (χ0) is 20.1. The van der Waals surface area contributed by atoms with E-state index < -0.39 is 6.10 Å². The van der Waals surface area contributed by atoms with Crippen LogP contribution in [0.5, 0.6) is 0 Å². The molecule has 1 aliphatic heterocycles. The van der Waals surface area contributed by atoms with Gasteiger partial charge in [-0.2, -0.15) is 0 Å². The lowest BCUT2D eigenvalue weighted by Crippen LogP contribution is -2.53. The highest BCUT2D eigenvalue weighted by atomic mass is 35.5. The van der Waals surface area contributed by atoms with Crippen LogP contribution in [-0.4, -0.2) is 48.3 Å². The lowest BCUT2D eigenvalue weighted by Gasteiger charge is -2.37. The Morgan fingerprint density at radius 1 is 1.11 bits per heavy atom. The highest BCUT2D eigenvalue weighted by molar-refractivity contribution is 6.35. The Balaban J connectivity index is 1.43. The van der Waals surface area contributed by atoms with E-state index in [9.17, 15) is 14.7 Å². The minimum absolute atomic E-state index is 0.0720. The summed E-state index contributed by atoms with van der Waals surface area (Å²) >= 11 is 11.9. The number of amides is 2. The van der Waals surface area contributed by atoms with Gasteiger partial charge in [-0.15, -0.1) is 0 Å². The molecule has 8 heteroatoms. The van der Waals surface area contributed by atoms with Crippen molar-refractivity contribution < 1.29 is 19.4 Å². The Bertz CT molecular complexity index is 691. The molecule has 3 atom stereocenters. The van der Waals surface area contributed by atoms with Gasteiger partial charge in [0.25, 0.3) is 5.91 Å². The van der Waals surface area contributed by atoms with E-state index in [4.69, 9.17) is 27.9 Å². The Morgan fingerprint density at radius 3 is 2.43 bits per heavy atom. The van der Waals surface area contributed by atoms with Crippen LogP contribution in [0.4, 0.5) is 0 Å². The molecule has 28 heavy (non-hydrogen) atoms. The Labute approximate surface area is 174 Å². The number of benzene rings is 1. The van der Waals surface area contributed by atoms with Crippen LogP contribution < -0.4 is 10.6 Å². The van der Waals surface area contributed by atoms with Crippen LogP contribution in [-0.2, 0) is 9.53 Å². The maximum Gasteiger partial charge on any atom is 0.251 e. The van der Waals surface area contributed by atoms with E-state index in [-0.39, 0.29) is 36.5 Å². The molecule has 1 saturated heterocycles. The van der Waals surface area contributed by atoms with Crippen LogP contribution in [0.3, 0.4) is 0 Å². The van der Waals surface area contributed by atoms with E-state index in [2.05, 4.69) is 10.6 Å². The second-order valence-electron chi connectivity index (χ2n) is 7.50. The third-order valence-electron chi connectivity index (χ3n) is 5.48. The number of ether oxygens (including phenoxy) is 1. The molecule has 2 aliphatic rings. The molecule has 0 spiro atoms. The van der Waals surface area contributed by atoms with Gasteiger partial charge in [0.15, 0.2) is 0 Å². The third kappa shape index (κ3) is 5.60. The SMILES string of the molecule is O=C(NCC[C@@H]1CC[C@H](NC(=O)C2CCC2)[C@H](CO)O1)c1cc(Cl)cc(Cl)c1. The van der Waals surface area contributed by atoms with Gasteiger partial charge in [0.05, 0.1) is 18.8 Å². The van der Waals surface area contributed by atoms with Crippen molar-refractivity contribution in [2.24, 2.45) is 5.92 Å². The van der Waals surface area contributed by atoms with Gasteiger partial charge in [-0.05, 0) is 50.3 Å². The summed E-state index contributed by atoms with van der Waals surface area (Å²) in [6.45, 7) is 0.296. The number of hydrogen-bond donors (Lipinski definition) is 3. The number of carbonyl (C=O) groups excluding carboxylic acids is 2. The molecular formula is C20H26Cl2N2O4. The van der Waals surface area contributed by atoms with Gasteiger partial charge < -0.3 is 20.5 Å². The van der Waals surface area contributed by atoms with Gasteiger partial charge in [-0.3, -0.25) is 9.59 Å². The summed E-state index contributed by atoms with van der Waals surface area (Å²) in [5.74, 6) is -0.0546. The second kappa shape index (κ2) is 9.92. The van der Waals surface area contributed by atoms with Gasteiger partial charge in [0.2, 0.25) is 5.91 Å². The molecule has 1 saturated carbocycles. The molecule has 0 aromatic heterocycles. The normalized spacial score (nSPS) is 25.0. The summed E-state index contributed by atoms with van der Waals surface area (Å²) in [7, 11) is 0. The zero-order valence-corrected chi connectivity index (χ0v) is 17.1. The van der Waals surface area contributed by atoms with Gasteiger partial charge in [-0.25, -0.2) is 0 Å². The molecule has 2 amide bonds. The molecule has 6 nitrogen and oxygen atoms in total. The van der Waals surface area contributed by atoms with E-state index >= 15 is 0 Å². The molecule has 0 radical (unpaired) electrons. The first-order valence-corrected chi connectivity index (χ1v) is 10.5. The maximum atomic E-state index is 12.2. The van der Waals surface area contributed by atoms with Crippen LogP contribution in [0.25, 0.3) is 0 Å². The molecule has 1 aromatic rings. The predicted molar refractivity (Wildman–Crippen MR) is 108 cm³/mol. The van der Waals surface area contributed by atoms with E-state index in [0.29, 0.717) is 28.6 Å². The fourth-order valence-corrected chi connectivity index (χ4v) is 4.14. The molecule has 3 N–H and O–H groups in total. The standard InChI is InChI=1S/C20H26Cl2N2O4/c21-14-8-13(9-15(22)10-14)19(26)23-7-6-16-4-5-17(18(11-25)28-16)24-20(27)12-2-1-3-12/h8-10,12,16-18,25H,1-7,11H2,(H,23,26)(H,24,27)/t16-,17-,18-/m0/s1. The highest BCUT2D eigenvalue weighted by Gasteiger charge is 2.34. The molecular weight excluding hydrogens is 403 g/mol. The maximum absolute atomic E-state index is 12.2. The number of rotatable bonds is 7. The highest BCUT2D eigenvalue weighted by Crippen LogP contribution is 2.28. The minimum Gasteiger partial charge on any atom is -0.394 e. The molecule has 1 heterocycles. The first-order chi connectivity index (χ1) is 13.5. The molecule has 154 valence electrons. The number of nitrogens with one attached hydrogen (secondary N) is 2. The van der Waals surface area contributed by atoms with Crippen LogP contribution >= 0.6 is 23.2 Å². The average Bonchev–Trinajstić information content (AvgIpc) is 2.60. The molecule has 1 aliphatic carbocycles. The summed E-state index contributed by atoms with van der Waals surface area (Å²) in [6.07, 6.45) is 4.67. The second-order valence-corrected chi connectivity index (χ2v) is 8.37. The van der Waals surface area contributed by atoms with E-state index in [1.54, 1.807) is 18.2 Å². The topological polar surface area (TPSA) is 87.7 Å². The largest absolute Gasteiger partial charge is 0.394 e. The number of aliphatic hydroxyl groups excluding tert-OH is 1. The van der Waals surface area contributed by atoms with Crippen LogP contribution in [0.15, 0.2) is 18.2 Å². The van der Waals surface area contributed by atoms with E-state index in [1.165, 1.54) is 0 Å². The summed E-state index contributed by atoms with van der Waals surface area (Å²) < 4.78 is 5.95. The van der Waals surface area contributed by atoms with Crippen molar-refractivity contribution >= 4 is 35.0 Å². The smallest absolute Gasteiger partial charge is 0.251 e. The fraction of sp³-hybridized carbons (Fsp3) is 0.600. The molecule has 1 aromatic carbocycles. The van der Waals surface area contributed by atoms with Gasteiger partial charge in [0, 0.05) is 28.1 Å². The number of carbonyl (C=O) groups is 2. The lowest BCUT2D eigenvalue weighted by molar-refractivity contribution is -0.134. The number of aliphatic hydroxyl groups is 1. The number of hydrogen-bond acceptors (Lipinski definition) is 4. The monoisotopic (exact) mass is 428 g/mol. The van der Waals surface area contributed by atoms with E-state index in [1.807, 2.05) is 0 Å². The Hall–Kier alpha value is -1.34. The van der Waals surface area contributed by atoms with Crippen LogP contribution in [0.1, 0.15) is 48.9 Å².